The van der Waals surface area contributed by atoms with Crippen LogP contribution in [0, 0.1) is 11.8 Å². The number of aromatic nitrogens is 2. The van der Waals surface area contributed by atoms with E-state index in [4.69, 9.17) is 9.15 Å². The number of hydrogen-bond acceptors (Lipinski definition) is 6. The number of rotatable bonds is 4. The van der Waals surface area contributed by atoms with Gasteiger partial charge in [-0.05, 0) is 48.9 Å². The van der Waals surface area contributed by atoms with Gasteiger partial charge in [0.2, 0.25) is 5.76 Å². The Balaban J connectivity index is 1.29. The summed E-state index contributed by atoms with van der Waals surface area (Å²) >= 11 is 0. The molecule has 0 amide bonds. The van der Waals surface area contributed by atoms with Crippen molar-refractivity contribution in [2.24, 2.45) is 11.8 Å². The third-order valence-electron chi connectivity index (χ3n) is 6.45. The molecule has 1 N–H and O–H groups in total. The minimum absolute atomic E-state index is 0.0538. The standard InChI is InChI=1S/C22H25N3O4/c1-28-22(27)21-7-6-16(29-21)12-24-10-14-8-19(20(26)9-15(14)11-24)25-13-23-17-4-2-3-5-18(17)25/h2-7,13-15,19-20,26H,8-12H2,1H3/t14-,15+,19-,20-/m1/s1. The normalized spacial score (nSPS) is 27.2. The van der Waals surface area contributed by atoms with E-state index >= 15 is 0 Å². The maximum atomic E-state index is 11.6. The molecule has 1 aliphatic carbocycles. The van der Waals surface area contributed by atoms with Gasteiger partial charge in [-0.25, -0.2) is 9.78 Å². The van der Waals surface area contributed by atoms with Gasteiger partial charge in [-0.15, -0.1) is 0 Å². The lowest BCUT2D eigenvalue weighted by Gasteiger charge is -2.36. The summed E-state index contributed by atoms with van der Waals surface area (Å²) in [6, 6.07) is 11.6. The lowest BCUT2D eigenvalue weighted by Crippen LogP contribution is -2.36. The number of likely N-dealkylation sites (tertiary alicyclic amines) is 1. The third kappa shape index (κ3) is 3.34. The molecule has 1 saturated heterocycles. The van der Waals surface area contributed by atoms with Crippen LogP contribution in [0.25, 0.3) is 11.0 Å². The molecule has 5 rings (SSSR count). The Kier molecular flexibility index (Phi) is 4.64. The van der Waals surface area contributed by atoms with Crippen molar-refractivity contribution in [1.29, 1.82) is 0 Å². The Morgan fingerprint density at radius 3 is 2.83 bits per heavy atom. The fourth-order valence-corrected chi connectivity index (χ4v) is 5.07. The van der Waals surface area contributed by atoms with E-state index in [-0.39, 0.29) is 17.9 Å². The van der Waals surface area contributed by atoms with Crippen LogP contribution in [0.4, 0.5) is 0 Å². The number of fused-ring (bicyclic) bond motifs is 2. The van der Waals surface area contributed by atoms with Crippen molar-refractivity contribution >= 4 is 17.0 Å². The summed E-state index contributed by atoms with van der Waals surface area (Å²) in [6.45, 7) is 2.57. The van der Waals surface area contributed by atoms with E-state index in [0.29, 0.717) is 18.4 Å². The second kappa shape index (κ2) is 7.31. The number of benzene rings is 1. The minimum Gasteiger partial charge on any atom is -0.463 e. The first-order valence-corrected chi connectivity index (χ1v) is 10.1. The highest BCUT2D eigenvalue weighted by Crippen LogP contribution is 2.42. The summed E-state index contributed by atoms with van der Waals surface area (Å²) in [5, 5.41) is 10.9. The highest BCUT2D eigenvalue weighted by atomic mass is 16.5. The predicted molar refractivity (Wildman–Crippen MR) is 106 cm³/mol. The summed E-state index contributed by atoms with van der Waals surface area (Å²) in [6.07, 6.45) is 3.23. The second-order valence-corrected chi connectivity index (χ2v) is 8.22. The van der Waals surface area contributed by atoms with Crippen LogP contribution in [0.2, 0.25) is 0 Å². The molecule has 152 valence electrons. The Hall–Kier alpha value is -2.64. The summed E-state index contributed by atoms with van der Waals surface area (Å²) in [5.41, 5.74) is 2.05. The highest BCUT2D eigenvalue weighted by Gasteiger charge is 2.42. The van der Waals surface area contributed by atoms with Crippen molar-refractivity contribution in [3.63, 3.8) is 0 Å². The first-order valence-electron chi connectivity index (χ1n) is 10.1. The van der Waals surface area contributed by atoms with Crippen molar-refractivity contribution in [1.82, 2.24) is 14.5 Å². The number of carbonyl (C=O) groups is 1. The quantitative estimate of drug-likeness (QED) is 0.684. The minimum atomic E-state index is -0.454. The first-order chi connectivity index (χ1) is 14.1. The van der Waals surface area contributed by atoms with Gasteiger partial charge >= 0.3 is 5.97 Å². The van der Waals surface area contributed by atoms with Crippen molar-refractivity contribution in [2.75, 3.05) is 20.2 Å². The van der Waals surface area contributed by atoms with E-state index in [9.17, 15) is 9.90 Å². The molecular formula is C22H25N3O4. The maximum absolute atomic E-state index is 11.6. The molecule has 4 atom stereocenters. The van der Waals surface area contributed by atoms with Crippen LogP contribution >= 0.6 is 0 Å². The first kappa shape index (κ1) is 18.4. The Morgan fingerprint density at radius 2 is 2.00 bits per heavy atom. The zero-order valence-corrected chi connectivity index (χ0v) is 16.4. The molecule has 2 aromatic heterocycles. The molecule has 3 aromatic rings. The fraction of sp³-hybridized carbons (Fsp3) is 0.455. The molecular weight excluding hydrogens is 370 g/mol. The van der Waals surface area contributed by atoms with Gasteiger partial charge in [0.05, 0.1) is 43.2 Å². The van der Waals surface area contributed by atoms with E-state index in [1.54, 1.807) is 6.07 Å². The molecule has 0 spiro atoms. The van der Waals surface area contributed by atoms with Gasteiger partial charge in [-0.2, -0.15) is 0 Å². The molecule has 7 heteroatoms. The molecule has 2 aliphatic rings. The molecule has 3 heterocycles. The SMILES string of the molecule is COC(=O)c1ccc(CN2C[C@H]3C[C@@H](n4cnc5ccccc54)[C@H](O)C[C@H]3C2)o1. The maximum Gasteiger partial charge on any atom is 0.373 e. The van der Waals surface area contributed by atoms with E-state index in [1.807, 2.05) is 30.6 Å². The molecule has 1 aromatic carbocycles. The van der Waals surface area contributed by atoms with E-state index in [2.05, 4.69) is 20.5 Å². The van der Waals surface area contributed by atoms with E-state index < -0.39 is 5.97 Å². The van der Waals surface area contributed by atoms with Crippen LogP contribution in [0.5, 0.6) is 0 Å². The number of para-hydroxylation sites is 2. The lowest BCUT2D eigenvalue weighted by atomic mass is 9.77. The van der Waals surface area contributed by atoms with Crippen molar-refractivity contribution in [3.05, 3.63) is 54.2 Å². The molecule has 0 unspecified atom stereocenters. The summed E-state index contributed by atoms with van der Waals surface area (Å²) < 4.78 is 12.5. The van der Waals surface area contributed by atoms with Crippen LogP contribution in [-0.2, 0) is 11.3 Å². The number of furan rings is 1. The van der Waals surface area contributed by atoms with Gasteiger partial charge in [0.15, 0.2) is 0 Å². The molecule has 29 heavy (non-hydrogen) atoms. The number of nitrogens with zero attached hydrogens (tertiary/aromatic N) is 3. The largest absolute Gasteiger partial charge is 0.463 e. The molecule has 1 aliphatic heterocycles. The van der Waals surface area contributed by atoms with Crippen molar-refractivity contribution in [2.45, 2.75) is 31.5 Å². The third-order valence-corrected chi connectivity index (χ3v) is 6.45. The summed E-state index contributed by atoms with van der Waals surface area (Å²) in [7, 11) is 1.35. The van der Waals surface area contributed by atoms with Crippen LogP contribution in [-0.4, -0.2) is 51.8 Å². The number of hydrogen-bond donors (Lipinski definition) is 1. The number of carbonyl (C=O) groups excluding carboxylic acids is 1. The summed E-state index contributed by atoms with van der Waals surface area (Å²) in [4.78, 5) is 18.4. The van der Waals surface area contributed by atoms with Gasteiger partial charge < -0.3 is 18.8 Å². The van der Waals surface area contributed by atoms with Crippen molar-refractivity contribution in [3.8, 4) is 0 Å². The van der Waals surface area contributed by atoms with Gasteiger partial charge in [0, 0.05) is 13.1 Å². The van der Waals surface area contributed by atoms with Crippen molar-refractivity contribution < 1.29 is 19.1 Å². The molecule has 0 bridgehead atoms. The smallest absolute Gasteiger partial charge is 0.373 e. The monoisotopic (exact) mass is 395 g/mol. The molecule has 0 radical (unpaired) electrons. The van der Waals surface area contributed by atoms with Gasteiger partial charge in [-0.1, -0.05) is 12.1 Å². The number of aliphatic hydroxyl groups excluding tert-OH is 1. The lowest BCUT2D eigenvalue weighted by molar-refractivity contribution is 0.0374. The van der Waals surface area contributed by atoms with Crippen LogP contribution in [0.3, 0.4) is 0 Å². The van der Waals surface area contributed by atoms with Crippen LogP contribution in [0.15, 0.2) is 47.1 Å². The fourth-order valence-electron chi connectivity index (χ4n) is 5.07. The van der Waals surface area contributed by atoms with Crippen LogP contribution < -0.4 is 0 Å². The average molecular weight is 395 g/mol. The highest BCUT2D eigenvalue weighted by molar-refractivity contribution is 5.86. The average Bonchev–Trinajstić information content (AvgIpc) is 3.45. The summed E-state index contributed by atoms with van der Waals surface area (Å²) in [5.74, 6) is 1.55. The van der Waals surface area contributed by atoms with E-state index in [0.717, 1.165) is 42.7 Å². The Bertz CT molecular complexity index is 1030. The molecule has 2 fully saturated rings. The number of ether oxygens (including phenoxy) is 1. The molecule has 7 nitrogen and oxygen atoms in total. The molecule has 1 saturated carbocycles. The number of aliphatic hydroxyl groups is 1. The number of methoxy groups -OCH3 is 1. The predicted octanol–water partition coefficient (Wildman–Crippen LogP) is 2.86. The van der Waals surface area contributed by atoms with Gasteiger partial charge in [-0.3, -0.25) is 4.90 Å². The number of esters is 1. The Morgan fingerprint density at radius 1 is 1.21 bits per heavy atom. The van der Waals surface area contributed by atoms with Crippen LogP contribution in [0.1, 0.15) is 35.2 Å². The van der Waals surface area contributed by atoms with Gasteiger partial charge in [0.1, 0.15) is 5.76 Å². The topological polar surface area (TPSA) is 80.7 Å². The Labute approximate surface area is 168 Å². The van der Waals surface area contributed by atoms with Gasteiger partial charge in [0.25, 0.3) is 0 Å². The zero-order valence-electron chi connectivity index (χ0n) is 16.4. The number of imidazole rings is 1. The van der Waals surface area contributed by atoms with E-state index in [1.165, 1.54) is 7.11 Å². The second-order valence-electron chi connectivity index (χ2n) is 8.22. The zero-order chi connectivity index (χ0) is 20.0.